The molecule has 2 aromatic rings. The van der Waals surface area contributed by atoms with E-state index in [-0.39, 0.29) is 22.9 Å². The zero-order valence-corrected chi connectivity index (χ0v) is 18.1. The molecular formula is C18H17Cl2F3N4O3S. The van der Waals surface area contributed by atoms with Crippen molar-refractivity contribution in [3.05, 3.63) is 46.3 Å². The lowest BCUT2D eigenvalue weighted by molar-refractivity contribution is -0.269. The fourth-order valence-electron chi connectivity index (χ4n) is 2.96. The third-order valence-corrected chi connectivity index (χ3v) is 7.63. The van der Waals surface area contributed by atoms with Gasteiger partial charge in [-0.3, -0.25) is 14.8 Å². The molecule has 1 aliphatic rings. The Morgan fingerprint density at radius 3 is 2.48 bits per heavy atom. The van der Waals surface area contributed by atoms with Crippen LogP contribution in [0.3, 0.4) is 0 Å². The lowest BCUT2D eigenvalue weighted by atomic mass is 9.96. The van der Waals surface area contributed by atoms with Crippen LogP contribution >= 0.6 is 23.2 Å². The summed E-state index contributed by atoms with van der Waals surface area (Å²) in [4.78, 5) is 19.3. The van der Waals surface area contributed by atoms with Gasteiger partial charge in [0, 0.05) is 28.5 Å². The van der Waals surface area contributed by atoms with Crippen molar-refractivity contribution in [2.75, 3.05) is 11.5 Å². The molecule has 7 nitrogen and oxygen atoms in total. The fraction of sp³-hybridized carbons (Fsp3) is 0.389. The minimum atomic E-state index is -5.15. The van der Waals surface area contributed by atoms with Crippen molar-refractivity contribution in [3.8, 4) is 11.3 Å². The number of aromatic nitrogens is 2. The van der Waals surface area contributed by atoms with Crippen molar-refractivity contribution < 1.29 is 27.3 Å². The first-order valence-corrected chi connectivity index (χ1v) is 11.5. The van der Waals surface area contributed by atoms with Crippen molar-refractivity contribution in [1.82, 2.24) is 9.97 Å². The predicted octanol–water partition coefficient (Wildman–Crippen LogP) is 3.32. The Bertz CT molecular complexity index is 1120. The summed E-state index contributed by atoms with van der Waals surface area (Å²) >= 11 is 11.9. The molecule has 2 unspecified atom stereocenters. The number of alkyl halides is 3. The number of rotatable bonds is 5. The lowest BCUT2D eigenvalue weighted by Gasteiger charge is -2.30. The maximum Gasteiger partial charge on any atom is 0.423 e. The highest BCUT2D eigenvalue weighted by molar-refractivity contribution is 7.93. The van der Waals surface area contributed by atoms with Gasteiger partial charge in [0.2, 0.25) is 5.60 Å². The van der Waals surface area contributed by atoms with E-state index in [0.717, 1.165) is 12.4 Å². The molecule has 3 N–H and O–H groups in total. The predicted molar refractivity (Wildman–Crippen MR) is 110 cm³/mol. The maximum atomic E-state index is 13.8. The second-order valence-corrected chi connectivity index (χ2v) is 10.4. The van der Waals surface area contributed by atoms with Crippen molar-refractivity contribution in [2.24, 2.45) is 10.1 Å². The van der Waals surface area contributed by atoms with Gasteiger partial charge in [-0.25, -0.2) is 4.21 Å². The SMILES string of the molecule is NC1CCS(=O)(CC[C@@](O)(c2cnc(-c3ccc(Cl)cc3Cl)cn2)C(F)(F)F)=NC1=O. The van der Waals surface area contributed by atoms with Gasteiger partial charge in [-0.15, -0.1) is 0 Å². The van der Waals surface area contributed by atoms with Crippen LogP contribution in [0.1, 0.15) is 18.5 Å². The number of aliphatic hydroxyl groups is 1. The largest absolute Gasteiger partial charge is 0.423 e. The third-order valence-electron chi connectivity index (χ3n) is 4.86. The maximum absolute atomic E-state index is 13.8. The van der Waals surface area contributed by atoms with E-state index in [2.05, 4.69) is 14.3 Å². The lowest BCUT2D eigenvalue weighted by Crippen LogP contribution is -2.45. The highest BCUT2D eigenvalue weighted by Gasteiger charge is 2.56. The van der Waals surface area contributed by atoms with Crippen LogP contribution in [-0.2, 0) is 20.1 Å². The second kappa shape index (κ2) is 8.62. The first-order valence-electron chi connectivity index (χ1n) is 8.94. The summed E-state index contributed by atoms with van der Waals surface area (Å²) in [6, 6.07) is 3.58. The molecule has 1 amide bonds. The summed E-state index contributed by atoms with van der Waals surface area (Å²) in [5.41, 5.74) is 1.83. The van der Waals surface area contributed by atoms with Gasteiger partial charge in [-0.1, -0.05) is 23.2 Å². The Labute approximate surface area is 186 Å². The highest BCUT2D eigenvalue weighted by atomic mass is 35.5. The molecular weight excluding hydrogens is 480 g/mol. The number of hydrogen-bond donors (Lipinski definition) is 2. The number of carbonyl (C=O) groups excluding carboxylic acids is 1. The molecule has 0 bridgehead atoms. The topological polar surface area (TPSA) is 119 Å². The van der Waals surface area contributed by atoms with Crippen LogP contribution in [0.15, 0.2) is 35.0 Å². The summed E-state index contributed by atoms with van der Waals surface area (Å²) < 4.78 is 57.5. The molecule has 2 heterocycles. The van der Waals surface area contributed by atoms with E-state index in [4.69, 9.17) is 28.9 Å². The minimum absolute atomic E-state index is 0.0436. The summed E-state index contributed by atoms with van der Waals surface area (Å²) in [6.07, 6.45) is -4.31. The molecule has 0 saturated heterocycles. The summed E-state index contributed by atoms with van der Waals surface area (Å²) in [7, 11) is -3.28. The standard InChI is InChI=1S/C18H17Cl2F3N4O3S/c19-10-1-2-11(12(20)7-10)14-8-26-15(9-25-14)17(29,18(21,22)23)4-6-31(30)5-3-13(24)16(28)27-31/h1-2,7-9,13,29H,3-6,24H2/t13?,17-,31?/m1/s1. The molecule has 0 fully saturated rings. The van der Waals surface area contributed by atoms with Crippen LogP contribution in [0.2, 0.25) is 10.0 Å². The molecule has 3 atom stereocenters. The van der Waals surface area contributed by atoms with Crippen LogP contribution in [0.4, 0.5) is 13.2 Å². The van der Waals surface area contributed by atoms with Crippen LogP contribution in [-0.4, -0.2) is 48.9 Å². The smallest absolute Gasteiger partial charge is 0.375 e. The van der Waals surface area contributed by atoms with Crippen molar-refractivity contribution in [1.29, 1.82) is 0 Å². The molecule has 0 aliphatic carbocycles. The average Bonchev–Trinajstić information content (AvgIpc) is 2.69. The Kier molecular flexibility index (Phi) is 6.64. The van der Waals surface area contributed by atoms with Crippen LogP contribution in [0, 0.1) is 0 Å². The van der Waals surface area contributed by atoms with Crippen LogP contribution in [0.25, 0.3) is 11.3 Å². The summed E-state index contributed by atoms with van der Waals surface area (Å²) in [5.74, 6) is -1.61. The number of amides is 1. The van der Waals surface area contributed by atoms with E-state index in [0.29, 0.717) is 10.6 Å². The monoisotopic (exact) mass is 496 g/mol. The number of benzene rings is 1. The molecule has 1 aromatic heterocycles. The first kappa shape index (κ1) is 23.9. The van der Waals surface area contributed by atoms with Gasteiger partial charge in [0.25, 0.3) is 5.91 Å². The fourth-order valence-corrected chi connectivity index (χ4v) is 5.55. The molecule has 3 rings (SSSR count). The van der Waals surface area contributed by atoms with Gasteiger partial charge in [0.15, 0.2) is 0 Å². The number of nitrogens with two attached hydrogens (primary N) is 1. The van der Waals surface area contributed by atoms with E-state index < -0.39 is 51.3 Å². The third kappa shape index (κ3) is 5.01. The molecule has 0 radical (unpaired) electrons. The van der Waals surface area contributed by atoms with Gasteiger partial charge in [0.1, 0.15) is 0 Å². The Hall–Kier alpha value is -1.79. The van der Waals surface area contributed by atoms with Gasteiger partial charge >= 0.3 is 6.18 Å². The average molecular weight is 497 g/mol. The zero-order chi connectivity index (χ0) is 23.0. The first-order chi connectivity index (χ1) is 14.3. The molecule has 0 spiro atoms. The number of hydrogen-bond acceptors (Lipinski definition) is 6. The number of carbonyl (C=O) groups is 1. The van der Waals surface area contributed by atoms with Crippen LogP contribution in [0.5, 0.6) is 0 Å². The number of halogens is 5. The van der Waals surface area contributed by atoms with Gasteiger partial charge in [-0.2, -0.15) is 17.5 Å². The molecule has 13 heteroatoms. The van der Waals surface area contributed by atoms with E-state index in [1.54, 1.807) is 0 Å². The van der Waals surface area contributed by atoms with Crippen molar-refractivity contribution in [3.63, 3.8) is 0 Å². The molecule has 168 valence electrons. The van der Waals surface area contributed by atoms with Gasteiger partial charge in [-0.05, 0) is 24.6 Å². The van der Waals surface area contributed by atoms with E-state index >= 15 is 0 Å². The van der Waals surface area contributed by atoms with E-state index in [1.165, 1.54) is 18.2 Å². The molecule has 0 saturated carbocycles. The van der Waals surface area contributed by atoms with Crippen molar-refractivity contribution in [2.45, 2.75) is 30.7 Å². The Balaban J connectivity index is 1.91. The molecule has 1 aromatic carbocycles. The zero-order valence-electron chi connectivity index (χ0n) is 15.8. The molecule has 1 aliphatic heterocycles. The number of nitrogens with zero attached hydrogens (tertiary/aromatic N) is 3. The Morgan fingerprint density at radius 2 is 1.94 bits per heavy atom. The van der Waals surface area contributed by atoms with Gasteiger partial charge < -0.3 is 10.8 Å². The normalized spacial score (nSPS) is 23.8. The van der Waals surface area contributed by atoms with Crippen LogP contribution < -0.4 is 5.73 Å². The quantitative estimate of drug-likeness (QED) is 0.655. The summed E-state index contributed by atoms with van der Waals surface area (Å²) in [6.45, 7) is 0. The molecule has 31 heavy (non-hydrogen) atoms. The van der Waals surface area contributed by atoms with Crippen molar-refractivity contribution >= 4 is 38.8 Å². The van der Waals surface area contributed by atoms with Gasteiger partial charge in [0.05, 0.1) is 44.6 Å². The highest BCUT2D eigenvalue weighted by Crippen LogP contribution is 2.41. The second-order valence-electron chi connectivity index (χ2n) is 7.02. The van der Waals surface area contributed by atoms with E-state index in [9.17, 15) is 27.3 Å². The van der Waals surface area contributed by atoms with E-state index in [1.807, 2.05) is 0 Å². The minimum Gasteiger partial charge on any atom is -0.375 e. The summed E-state index contributed by atoms with van der Waals surface area (Å²) in [5, 5.41) is 11.1. The Morgan fingerprint density at radius 1 is 1.23 bits per heavy atom.